The fourth-order valence-electron chi connectivity index (χ4n) is 2.49. The average molecular weight is 306 g/mol. The zero-order valence-corrected chi connectivity index (χ0v) is 13.2. The van der Waals surface area contributed by atoms with Gasteiger partial charge >= 0.3 is 0 Å². The van der Waals surface area contributed by atoms with E-state index < -0.39 is 0 Å². The second kappa shape index (κ2) is 6.48. The maximum atomic E-state index is 12.4. The van der Waals surface area contributed by atoms with Crippen LogP contribution in [0.4, 0.5) is 5.69 Å². The van der Waals surface area contributed by atoms with Crippen LogP contribution in [0, 0.1) is 6.92 Å². The van der Waals surface area contributed by atoms with Crippen LogP contribution in [0.1, 0.15) is 22.8 Å². The largest absolute Gasteiger partial charge is 0.494 e. The summed E-state index contributed by atoms with van der Waals surface area (Å²) in [4.78, 5) is 16.8. The highest BCUT2D eigenvalue weighted by Crippen LogP contribution is 2.25. The van der Waals surface area contributed by atoms with Crippen LogP contribution in [0.5, 0.6) is 5.75 Å². The molecule has 0 saturated heterocycles. The topological polar surface area (TPSA) is 51.2 Å². The summed E-state index contributed by atoms with van der Waals surface area (Å²) in [5, 5.41) is 3.90. The SMILES string of the molecule is CCOc1ccc(C(=O)Nc2ccc(C)c3ncccc23)cc1. The second-order valence-corrected chi connectivity index (χ2v) is 5.24. The normalized spacial score (nSPS) is 10.5. The van der Waals surface area contributed by atoms with Gasteiger partial charge in [0.2, 0.25) is 0 Å². The summed E-state index contributed by atoms with van der Waals surface area (Å²) in [6, 6.07) is 14.8. The lowest BCUT2D eigenvalue weighted by Crippen LogP contribution is -2.12. The van der Waals surface area contributed by atoms with E-state index in [1.165, 1.54) is 0 Å². The quantitative estimate of drug-likeness (QED) is 0.786. The van der Waals surface area contributed by atoms with Crippen LogP contribution in [-0.4, -0.2) is 17.5 Å². The molecule has 23 heavy (non-hydrogen) atoms. The molecule has 1 amide bonds. The number of amides is 1. The van der Waals surface area contributed by atoms with E-state index >= 15 is 0 Å². The summed E-state index contributed by atoms with van der Waals surface area (Å²) < 4.78 is 5.39. The summed E-state index contributed by atoms with van der Waals surface area (Å²) >= 11 is 0. The van der Waals surface area contributed by atoms with Gasteiger partial charge in [-0.15, -0.1) is 0 Å². The van der Waals surface area contributed by atoms with Gasteiger partial charge in [-0.3, -0.25) is 9.78 Å². The fourth-order valence-corrected chi connectivity index (χ4v) is 2.49. The number of nitrogens with one attached hydrogen (secondary N) is 1. The molecule has 0 radical (unpaired) electrons. The Kier molecular flexibility index (Phi) is 4.24. The van der Waals surface area contributed by atoms with E-state index in [-0.39, 0.29) is 5.91 Å². The Morgan fingerprint density at radius 1 is 1.13 bits per heavy atom. The molecular formula is C19H18N2O2. The highest BCUT2D eigenvalue weighted by atomic mass is 16.5. The molecule has 0 aliphatic heterocycles. The van der Waals surface area contributed by atoms with Crippen molar-refractivity contribution in [1.82, 2.24) is 4.98 Å². The number of hydrogen-bond donors (Lipinski definition) is 1. The molecule has 0 aliphatic carbocycles. The first kappa shape index (κ1) is 15.0. The molecule has 0 fully saturated rings. The first-order chi connectivity index (χ1) is 11.2. The lowest BCUT2D eigenvalue weighted by atomic mass is 10.1. The van der Waals surface area contributed by atoms with Gasteiger partial charge in [-0.2, -0.15) is 0 Å². The van der Waals surface area contributed by atoms with E-state index in [1.807, 2.05) is 38.1 Å². The smallest absolute Gasteiger partial charge is 0.255 e. The van der Waals surface area contributed by atoms with Crippen molar-refractivity contribution in [3.05, 3.63) is 65.9 Å². The van der Waals surface area contributed by atoms with Gasteiger partial charge in [0.05, 0.1) is 17.8 Å². The van der Waals surface area contributed by atoms with Crippen LogP contribution < -0.4 is 10.1 Å². The number of carbonyl (C=O) groups is 1. The molecule has 4 nitrogen and oxygen atoms in total. The number of hydrogen-bond acceptors (Lipinski definition) is 3. The van der Waals surface area contributed by atoms with E-state index in [4.69, 9.17) is 4.74 Å². The number of anilines is 1. The maximum Gasteiger partial charge on any atom is 0.255 e. The van der Waals surface area contributed by atoms with Crippen molar-refractivity contribution in [3.63, 3.8) is 0 Å². The van der Waals surface area contributed by atoms with Crippen molar-refractivity contribution >= 4 is 22.5 Å². The Balaban J connectivity index is 1.87. The minimum absolute atomic E-state index is 0.151. The van der Waals surface area contributed by atoms with Gasteiger partial charge in [-0.05, 0) is 61.9 Å². The maximum absolute atomic E-state index is 12.4. The summed E-state index contributed by atoms with van der Waals surface area (Å²) in [5.74, 6) is 0.607. The Labute approximate surface area is 135 Å². The predicted octanol–water partition coefficient (Wildman–Crippen LogP) is 4.19. The molecule has 0 aliphatic rings. The summed E-state index contributed by atoms with van der Waals surface area (Å²) in [7, 11) is 0. The second-order valence-electron chi connectivity index (χ2n) is 5.24. The van der Waals surface area contributed by atoms with Crippen molar-refractivity contribution in [1.29, 1.82) is 0 Å². The highest BCUT2D eigenvalue weighted by Gasteiger charge is 2.10. The molecule has 0 unspecified atom stereocenters. The van der Waals surface area contributed by atoms with E-state index in [0.29, 0.717) is 12.2 Å². The summed E-state index contributed by atoms with van der Waals surface area (Å²) in [6.07, 6.45) is 1.76. The summed E-state index contributed by atoms with van der Waals surface area (Å²) in [6.45, 7) is 4.54. The zero-order chi connectivity index (χ0) is 16.2. The van der Waals surface area contributed by atoms with Gasteiger partial charge < -0.3 is 10.1 Å². The molecular weight excluding hydrogens is 288 g/mol. The average Bonchev–Trinajstić information content (AvgIpc) is 2.58. The molecule has 3 aromatic rings. The van der Waals surface area contributed by atoms with Crippen molar-refractivity contribution in [2.75, 3.05) is 11.9 Å². The number of pyridine rings is 1. The molecule has 1 N–H and O–H groups in total. The van der Waals surface area contributed by atoms with Gasteiger partial charge in [0, 0.05) is 17.1 Å². The number of aryl methyl sites for hydroxylation is 1. The lowest BCUT2D eigenvalue weighted by molar-refractivity contribution is 0.102. The van der Waals surface area contributed by atoms with Crippen LogP contribution in [0.2, 0.25) is 0 Å². The first-order valence-corrected chi connectivity index (χ1v) is 7.57. The monoisotopic (exact) mass is 306 g/mol. The number of carbonyl (C=O) groups excluding carboxylic acids is 1. The van der Waals surface area contributed by atoms with Crippen LogP contribution in [-0.2, 0) is 0 Å². The molecule has 0 bridgehead atoms. The van der Waals surface area contributed by atoms with Crippen molar-refractivity contribution < 1.29 is 9.53 Å². The standard InChI is InChI=1S/C19H18N2O2/c1-3-23-15-9-7-14(8-10-15)19(22)21-17-11-6-13(2)18-16(17)5-4-12-20-18/h4-12H,3H2,1-2H3,(H,21,22). The number of ether oxygens (including phenoxy) is 1. The van der Waals surface area contributed by atoms with Crippen LogP contribution in [0.25, 0.3) is 10.9 Å². The van der Waals surface area contributed by atoms with Gasteiger partial charge in [-0.1, -0.05) is 6.07 Å². The lowest BCUT2D eigenvalue weighted by Gasteiger charge is -2.10. The first-order valence-electron chi connectivity index (χ1n) is 7.57. The molecule has 116 valence electrons. The van der Waals surface area contributed by atoms with Crippen molar-refractivity contribution in [2.24, 2.45) is 0 Å². The third-order valence-corrected chi connectivity index (χ3v) is 3.65. The van der Waals surface area contributed by atoms with Gasteiger partial charge in [0.15, 0.2) is 0 Å². The Morgan fingerprint density at radius 3 is 2.65 bits per heavy atom. The number of fused-ring (bicyclic) bond motifs is 1. The summed E-state index contributed by atoms with van der Waals surface area (Å²) in [5.41, 5.74) is 3.33. The minimum atomic E-state index is -0.151. The highest BCUT2D eigenvalue weighted by molar-refractivity contribution is 6.09. The minimum Gasteiger partial charge on any atom is -0.494 e. The van der Waals surface area contributed by atoms with E-state index in [2.05, 4.69) is 10.3 Å². The number of rotatable bonds is 4. The van der Waals surface area contributed by atoms with Crippen LogP contribution >= 0.6 is 0 Å². The molecule has 1 aromatic heterocycles. The molecule has 2 aromatic carbocycles. The Bertz CT molecular complexity index is 842. The Hall–Kier alpha value is -2.88. The van der Waals surface area contributed by atoms with Gasteiger partial charge in [0.1, 0.15) is 5.75 Å². The van der Waals surface area contributed by atoms with Gasteiger partial charge in [0.25, 0.3) is 5.91 Å². The van der Waals surface area contributed by atoms with Crippen LogP contribution in [0.3, 0.4) is 0 Å². The van der Waals surface area contributed by atoms with E-state index in [9.17, 15) is 4.79 Å². The predicted molar refractivity (Wildman–Crippen MR) is 92.0 cm³/mol. The third-order valence-electron chi connectivity index (χ3n) is 3.65. The third kappa shape index (κ3) is 3.16. The number of nitrogens with zero attached hydrogens (tertiary/aromatic N) is 1. The Morgan fingerprint density at radius 2 is 1.91 bits per heavy atom. The fraction of sp³-hybridized carbons (Fsp3) is 0.158. The van der Waals surface area contributed by atoms with E-state index in [0.717, 1.165) is 27.9 Å². The van der Waals surface area contributed by atoms with Crippen molar-refractivity contribution in [3.8, 4) is 5.75 Å². The van der Waals surface area contributed by atoms with E-state index in [1.54, 1.807) is 30.5 Å². The molecule has 1 heterocycles. The van der Waals surface area contributed by atoms with Gasteiger partial charge in [-0.25, -0.2) is 0 Å². The molecule has 3 rings (SSSR count). The van der Waals surface area contributed by atoms with Crippen LogP contribution in [0.15, 0.2) is 54.7 Å². The molecule has 4 heteroatoms. The van der Waals surface area contributed by atoms with Crippen molar-refractivity contribution in [2.45, 2.75) is 13.8 Å². The molecule has 0 atom stereocenters. The number of benzene rings is 2. The zero-order valence-electron chi connectivity index (χ0n) is 13.2. The molecule has 0 spiro atoms. The molecule has 0 saturated carbocycles. The number of aromatic nitrogens is 1.